The number of hydrogen-bond acceptors (Lipinski definition) is 5. The van der Waals surface area contributed by atoms with Crippen molar-refractivity contribution in [2.45, 2.75) is 37.5 Å². The van der Waals surface area contributed by atoms with Gasteiger partial charge in [0.25, 0.3) is 5.91 Å². The third kappa shape index (κ3) is 1.93. The van der Waals surface area contributed by atoms with Crippen molar-refractivity contribution in [2.24, 2.45) is 5.84 Å². The Hall–Kier alpha value is -1.66. The lowest BCUT2D eigenvalue weighted by Gasteiger charge is -2.20. The third-order valence-electron chi connectivity index (χ3n) is 3.64. The van der Waals surface area contributed by atoms with Gasteiger partial charge in [-0.1, -0.05) is 0 Å². The number of carbonyl (C=O) groups excluding carboxylic acids is 1. The Morgan fingerprint density at radius 1 is 1.50 bits per heavy atom. The molecule has 4 N–H and O–H groups in total. The van der Waals surface area contributed by atoms with Crippen LogP contribution in [0, 0.1) is 0 Å². The molecule has 0 aliphatic carbocycles. The van der Waals surface area contributed by atoms with Gasteiger partial charge in [0.1, 0.15) is 0 Å². The number of fused-ring (bicyclic) bond motifs is 2. The molecule has 1 amide bonds. The van der Waals surface area contributed by atoms with Gasteiger partial charge in [-0.15, -0.1) is 0 Å². The van der Waals surface area contributed by atoms with Crippen molar-refractivity contribution in [2.75, 3.05) is 5.43 Å². The molecule has 1 aromatic rings. The molecule has 3 atom stereocenters. The standard InChI is InChI=1S/C12H16N4O2/c13-16-9-3-4-14-6-8(9)12(17)15-10-5-7-1-2-11(10)18-7/h3-4,6-7,10-11H,1-2,5,13H2,(H,14,16)(H,15,17). The van der Waals surface area contributed by atoms with Crippen LogP contribution in [0.5, 0.6) is 0 Å². The smallest absolute Gasteiger partial charge is 0.255 e. The number of rotatable bonds is 3. The predicted molar refractivity (Wildman–Crippen MR) is 65.8 cm³/mol. The molecule has 1 aromatic heterocycles. The molecule has 2 bridgehead atoms. The first-order valence-electron chi connectivity index (χ1n) is 6.15. The Morgan fingerprint density at radius 3 is 3.06 bits per heavy atom. The molecule has 0 aromatic carbocycles. The van der Waals surface area contributed by atoms with Gasteiger partial charge in [0.15, 0.2) is 0 Å². The summed E-state index contributed by atoms with van der Waals surface area (Å²) in [5.41, 5.74) is 3.54. The molecule has 2 saturated heterocycles. The summed E-state index contributed by atoms with van der Waals surface area (Å²) in [6, 6.07) is 1.79. The van der Waals surface area contributed by atoms with E-state index in [1.807, 2.05) is 0 Å². The van der Waals surface area contributed by atoms with Crippen LogP contribution in [0.3, 0.4) is 0 Å². The fourth-order valence-electron chi connectivity index (χ4n) is 2.74. The SMILES string of the molecule is NNc1ccncc1C(=O)NC1CC2CCC1O2. The van der Waals surface area contributed by atoms with Crippen LogP contribution in [0.15, 0.2) is 18.5 Å². The number of aromatic nitrogens is 1. The highest BCUT2D eigenvalue weighted by Gasteiger charge is 2.41. The van der Waals surface area contributed by atoms with Gasteiger partial charge < -0.3 is 15.5 Å². The second-order valence-corrected chi connectivity index (χ2v) is 4.76. The summed E-state index contributed by atoms with van der Waals surface area (Å²) < 4.78 is 5.71. The highest BCUT2D eigenvalue weighted by molar-refractivity contribution is 5.99. The third-order valence-corrected chi connectivity index (χ3v) is 3.64. The maximum absolute atomic E-state index is 12.2. The number of amides is 1. The first kappa shape index (κ1) is 11.4. The van der Waals surface area contributed by atoms with Crippen molar-refractivity contribution >= 4 is 11.6 Å². The fraction of sp³-hybridized carbons (Fsp3) is 0.500. The maximum atomic E-state index is 12.2. The summed E-state index contributed by atoms with van der Waals surface area (Å²) >= 11 is 0. The van der Waals surface area contributed by atoms with Crippen LogP contribution in [0.25, 0.3) is 0 Å². The van der Waals surface area contributed by atoms with E-state index < -0.39 is 0 Å². The minimum atomic E-state index is -0.155. The van der Waals surface area contributed by atoms with Crippen molar-refractivity contribution in [1.82, 2.24) is 10.3 Å². The van der Waals surface area contributed by atoms with Gasteiger partial charge in [0.2, 0.25) is 0 Å². The van der Waals surface area contributed by atoms with E-state index in [4.69, 9.17) is 10.6 Å². The maximum Gasteiger partial charge on any atom is 0.255 e. The summed E-state index contributed by atoms with van der Waals surface area (Å²) in [4.78, 5) is 16.1. The minimum absolute atomic E-state index is 0.113. The van der Waals surface area contributed by atoms with Gasteiger partial charge in [-0.2, -0.15) is 0 Å². The van der Waals surface area contributed by atoms with Crippen molar-refractivity contribution in [3.8, 4) is 0 Å². The van der Waals surface area contributed by atoms with Crippen LogP contribution in [0.1, 0.15) is 29.6 Å². The van der Waals surface area contributed by atoms with Crippen LogP contribution in [0.4, 0.5) is 5.69 Å². The molecule has 0 saturated carbocycles. The number of pyridine rings is 1. The highest BCUT2D eigenvalue weighted by Crippen LogP contribution is 2.34. The number of nitrogens with one attached hydrogen (secondary N) is 2. The molecule has 3 unspecified atom stereocenters. The quantitative estimate of drug-likeness (QED) is 0.533. The van der Waals surface area contributed by atoms with Gasteiger partial charge in [-0.25, -0.2) is 0 Å². The van der Waals surface area contributed by atoms with Crippen molar-refractivity contribution in [3.63, 3.8) is 0 Å². The largest absolute Gasteiger partial charge is 0.373 e. The zero-order valence-corrected chi connectivity index (χ0v) is 9.93. The minimum Gasteiger partial charge on any atom is -0.373 e. The molecular formula is C12H16N4O2. The molecular weight excluding hydrogens is 232 g/mol. The van der Waals surface area contributed by atoms with E-state index in [0.717, 1.165) is 19.3 Å². The van der Waals surface area contributed by atoms with E-state index in [0.29, 0.717) is 17.4 Å². The normalized spacial score (nSPS) is 29.3. The Labute approximate surface area is 105 Å². The molecule has 0 radical (unpaired) electrons. The monoisotopic (exact) mass is 248 g/mol. The highest BCUT2D eigenvalue weighted by atomic mass is 16.5. The van der Waals surface area contributed by atoms with Gasteiger partial charge in [0, 0.05) is 12.4 Å². The van der Waals surface area contributed by atoms with Gasteiger partial charge in [-0.3, -0.25) is 15.6 Å². The molecule has 2 fully saturated rings. The molecule has 18 heavy (non-hydrogen) atoms. The molecule has 3 heterocycles. The zero-order valence-electron chi connectivity index (χ0n) is 9.93. The number of nitrogens with two attached hydrogens (primary N) is 1. The molecule has 96 valence electrons. The van der Waals surface area contributed by atoms with Gasteiger partial charge >= 0.3 is 0 Å². The van der Waals surface area contributed by atoms with Crippen molar-refractivity contribution in [1.29, 1.82) is 0 Å². The number of nitrogens with zero attached hydrogens (tertiary/aromatic N) is 1. The van der Waals surface area contributed by atoms with E-state index in [2.05, 4.69) is 15.7 Å². The van der Waals surface area contributed by atoms with Crippen molar-refractivity contribution in [3.05, 3.63) is 24.0 Å². The first-order valence-corrected chi connectivity index (χ1v) is 6.15. The lowest BCUT2D eigenvalue weighted by atomic mass is 9.95. The average molecular weight is 248 g/mol. The van der Waals surface area contributed by atoms with E-state index in [1.54, 1.807) is 12.3 Å². The Bertz CT molecular complexity index is 465. The topological polar surface area (TPSA) is 89.3 Å². The van der Waals surface area contributed by atoms with Crippen LogP contribution in [-0.4, -0.2) is 29.1 Å². The average Bonchev–Trinajstić information content (AvgIpc) is 3.01. The summed E-state index contributed by atoms with van der Waals surface area (Å²) in [6.07, 6.45) is 6.64. The number of nitrogen functional groups attached to an aromatic ring is 1. The molecule has 0 spiro atoms. The van der Waals surface area contributed by atoms with E-state index in [9.17, 15) is 4.79 Å². The number of carbonyl (C=O) groups is 1. The van der Waals surface area contributed by atoms with E-state index >= 15 is 0 Å². The second-order valence-electron chi connectivity index (χ2n) is 4.76. The summed E-state index contributed by atoms with van der Waals surface area (Å²) in [5.74, 6) is 5.22. The molecule has 3 rings (SSSR count). The van der Waals surface area contributed by atoms with Gasteiger partial charge in [0.05, 0.1) is 29.5 Å². The van der Waals surface area contributed by atoms with Crippen LogP contribution in [-0.2, 0) is 4.74 Å². The Balaban J connectivity index is 1.71. The van der Waals surface area contributed by atoms with Crippen molar-refractivity contribution < 1.29 is 9.53 Å². The Morgan fingerprint density at radius 2 is 2.39 bits per heavy atom. The van der Waals surface area contributed by atoms with E-state index in [-0.39, 0.29) is 18.1 Å². The van der Waals surface area contributed by atoms with Crippen LogP contribution < -0.4 is 16.6 Å². The molecule has 6 heteroatoms. The molecule has 6 nitrogen and oxygen atoms in total. The second kappa shape index (κ2) is 4.55. The fourth-order valence-corrected chi connectivity index (χ4v) is 2.74. The molecule has 2 aliphatic heterocycles. The summed E-state index contributed by atoms with van der Waals surface area (Å²) in [6.45, 7) is 0. The number of anilines is 1. The van der Waals surface area contributed by atoms with Crippen LogP contribution in [0.2, 0.25) is 0 Å². The van der Waals surface area contributed by atoms with Gasteiger partial charge in [-0.05, 0) is 25.3 Å². The Kier molecular flexibility index (Phi) is 2.89. The summed E-state index contributed by atoms with van der Waals surface area (Å²) in [5, 5.41) is 3.00. The van der Waals surface area contributed by atoms with E-state index in [1.165, 1.54) is 6.20 Å². The number of hydrazine groups is 1. The number of ether oxygens (including phenoxy) is 1. The lowest BCUT2D eigenvalue weighted by molar-refractivity contribution is 0.0841. The molecule has 2 aliphatic rings. The first-order chi connectivity index (χ1) is 8.78. The lowest BCUT2D eigenvalue weighted by Crippen LogP contribution is -2.41. The zero-order chi connectivity index (χ0) is 12.5. The van der Waals surface area contributed by atoms with Crippen LogP contribution >= 0.6 is 0 Å². The number of hydrogen-bond donors (Lipinski definition) is 3. The summed E-state index contributed by atoms with van der Waals surface area (Å²) in [7, 11) is 0. The predicted octanol–water partition coefficient (Wildman–Crippen LogP) is 0.417.